The Morgan fingerprint density at radius 2 is 2.26 bits per heavy atom. The summed E-state index contributed by atoms with van der Waals surface area (Å²) in [5.74, 6) is 0.563. The number of methoxy groups -OCH3 is 1. The zero-order valence-corrected chi connectivity index (χ0v) is 12.9. The average molecular weight is 346 g/mol. The van der Waals surface area contributed by atoms with Crippen LogP contribution in [0.4, 0.5) is 0 Å². The van der Waals surface area contributed by atoms with Crippen LogP contribution in [-0.2, 0) is 6.54 Å². The second-order valence-corrected chi connectivity index (χ2v) is 5.25. The maximum Gasteiger partial charge on any atom is 0.163 e. The van der Waals surface area contributed by atoms with Gasteiger partial charge in [-0.3, -0.25) is 4.68 Å². The number of aromatic nitrogens is 2. The number of nitrogens with zero attached hydrogens (tertiary/aromatic N) is 2. The molecule has 1 aromatic carbocycles. The Morgan fingerprint density at radius 1 is 1.53 bits per heavy atom. The lowest BCUT2D eigenvalue weighted by atomic mass is 10.1. The number of halogens is 2. The van der Waals surface area contributed by atoms with Crippen LogP contribution in [0.1, 0.15) is 24.3 Å². The van der Waals surface area contributed by atoms with Crippen molar-refractivity contribution in [1.29, 1.82) is 0 Å². The molecule has 0 aliphatic carbocycles. The quantitative estimate of drug-likeness (QED) is 0.924. The van der Waals surface area contributed by atoms with Crippen molar-refractivity contribution in [2.24, 2.45) is 0 Å². The van der Waals surface area contributed by atoms with Crippen molar-refractivity contribution < 1.29 is 9.84 Å². The summed E-state index contributed by atoms with van der Waals surface area (Å²) >= 11 is 9.38. The van der Waals surface area contributed by atoms with Gasteiger partial charge in [0.25, 0.3) is 0 Å². The molecule has 0 saturated carbocycles. The molecule has 4 nitrogen and oxygen atoms in total. The number of hydrogen-bond donors (Lipinski definition) is 1. The number of hydrogen-bond acceptors (Lipinski definition) is 3. The van der Waals surface area contributed by atoms with E-state index in [1.807, 2.05) is 13.0 Å². The van der Waals surface area contributed by atoms with E-state index in [0.717, 1.165) is 4.47 Å². The van der Waals surface area contributed by atoms with Crippen LogP contribution in [0, 0.1) is 0 Å². The van der Waals surface area contributed by atoms with Crippen molar-refractivity contribution in [3.63, 3.8) is 0 Å². The van der Waals surface area contributed by atoms with Crippen LogP contribution < -0.4 is 4.74 Å². The molecule has 1 aromatic heterocycles. The van der Waals surface area contributed by atoms with Crippen LogP contribution in [0.25, 0.3) is 0 Å². The molecule has 6 heteroatoms. The Balaban J connectivity index is 2.45. The lowest BCUT2D eigenvalue weighted by molar-refractivity contribution is 0.202. The van der Waals surface area contributed by atoms with Gasteiger partial charge in [-0.25, -0.2) is 0 Å². The molecule has 1 unspecified atom stereocenters. The molecule has 1 heterocycles. The highest BCUT2D eigenvalue weighted by molar-refractivity contribution is 9.10. The van der Waals surface area contributed by atoms with Crippen LogP contribution in [0.5, 0.6) is 5.75 Å². The fraction of sp³-hybridized carbons (Fsp3) is 0.308. The molecule has 0 amide bonds. The minimum absolute atomic E-state index is 0.554. The smallest absolute Gasteiger partial charge is 0.163 e. The summed E-state index contributed by atoms with van der Waals surface area (Å²) in [5, 5.41) is 15.2. The molecule has 0 saturated heterocycles. The van der Waals surface area contributed by atoms with Gasteiger partial charge in [-0.1, -0.05) is 17.7 Å². The molecule has 0 fully saturated rings. The zero-order valence-electron chi connectivity index (χ0n) is 10.6. The largest absolute Gasteiger partial charge is 0.493 e. The van der Waals surface area contributed by atoms with E-state index in [-0.39, 0.29) is 0 Å². The van der Waals surface area contributed by atoms with Gasteiger partial charge >= 0.3 is 0 Å². The van der Waals surface area contributed by atoms with Gasteiger partial charge in [0.15, 0.2) is 5.75 Å². The van der Waals surface area contributed by atoms with E-state index in [4.69, 9.17) is 16.3 Å². The third kappa shape index (κ3) is 2.78. The van der Waals surface area contributed by atoms with Gasteiger partial charge in [0, 0.05) is 11.0 Å². The molecule has 19 heavy (non-hydrogen) atoms. The minimum atomic E-state index is -0.831. The van der Waals surface area contributed by atoms with Crippen LogP contribution in [0.3, 0.4) is 0 Å². The van der Waals surface area contributed by atoms with Crippen molar-refractivity contribution in [3.05, 3.63) is 45.1 Å². The summed E-state index contributed by atoms with van der Waals surface area (Å²) < 4.78 is 7.74. The molecule has 2 aromatic rings. The van der Waals surface area contributed by atoms with E-state index < -0.39 is 6.10 Å². The van der Waals surface area contributed by atoms with Crippen molar-refractivity contribution in [2.45, 2.75) is 19.6 Å². The van der Waals surface area contributed by atoms with Gasteiger partial charge in [-0.2, -0.15) is 5.10 Å². The predicted molar refractivity (Wildman–Crippen MR) is 77.7 cm³/mol. The number of aliphatic hydroxyl groups is 1. The molecular weight excluding hydrogens is 332 g/mol. The Bertz CT molecular complexity index is 565. The highest BCUT2D eigenvalue weighted by atomic mass is 79.9. The SMILES string of the molecule is CCn1ncc(OC)c1C(O)c1ccc(Br)c(Cl)c1. The van der Waals surface area contributed by atoms with Crippen molar-refractivity contribution in [1.82, 2.24) is 9.78 Å². The monoisotopic (exact) mass is 344 g/mol. The van der Waals surface area contributed by atoms with Crippen molar-refractivity contribution in [3.8, 4) is 5.75 Å². The molecule has 0 aliphatic heterocycles. The van der Waals surface area contributed by atoms with Gasteiger partial charge in [-0.05, 0) is 40.5 Å². The Morgan fingerprint density at radius 3 is 2.84 bits per heavy atom. The Hall–Kier alpha value is -1.04. The maximum atomic E-state index is 10.5. The molecule has 0 radical (unpaired) electrons. The Labute approximate surface area is 125 Å². The molecule has 0 bridgehead atoms. The van der Waals surface area contributed by atoms with E-state index in [1.54, 1.807) is 30.1 Å². The van der Waals surface area contributed by atoms with Crippen LogP contribution in [0.2, 0.25) is 5.02 Å². The zero-order chi connectivity index (χ0) is 14.0. The van der Waals surface area contributed by atoms with Crippen LogP contribution in [0.15, 0.2) is 28.9 Å². The summed E-state index contributed by atoms with van der Waals surface area (Å²) in [5.41, 5.74) is 1.32. The second-order valence-electron chi connectivity index (χ2n) is 3.99. The molecule has 1 atom stereocenters. The Kier molecular flexibility index (Phi) is 4.50. The summed E-state index contributed by atoms with van der Waals surface area (Å²) in [4.78, 5) is 0. The number of aliphatic hydroxyl groups excluding tert-OH is 1. The minimum Gasteiger partial charge on any atom is -0.493 e. The molecule has 0 spiro atoms. The van der Waals surface area contributed by atoms with Gasteiger partial charge in [0.05, 0.1) is 18.3 Å². The number of aryl methyl sites for hydroxylation is 1. The standard InChI is InChI=1S/C13H14BrClN2O2/c1-3-17-12(11(19-2)7-16-17)13(18)8-4-5-9(14)10(15)6-8/h4-7,13,18H,3H2,1-2H3. The first-order chi connectivity index (χ1) is 9.08. The molecule has 0 aliphatic rings. The van der Waals surface area contributed by atoms with Gasteiger partial charge in [0.2, 0.25) is 0 Å². The summed E-state index contributed by atoms with van der Waals surface area (Å²) in [7, 11) is 1.56. The van der Waals surface area contributed by atoms with E-state index >= 15 is 0 Å². The normalized spacial score (nSPS) is 12.5. The number of ether oxygens (including phenoxy) is 1. The first-order valence-electron chi connectivity index (χ1n) is 5.81. The van der Waals surface area contributed by atoms with Gasteiger partial charge in [0.1, 0.15) is 11.8 Å². The van der Waals surface area contributed by atoms with Gasteiger partial charge < -0.3 is 9.84 Å². The second kappa shape index (κ2) is 5.94. The van der Waals surface area contributed by atoms with Gasteiger partial charge in [-0.15, -0.1) is 0 Å². The topological polar surface area (TPSA) is 47.3 Å². The molecule has 102 valence electrons. The summed E-state index contributed by atoms with van der Waals surface area (Å²) in [6, 6.07) is 5.34. The number of rotatable bonds is 4. The first kappa shape index (κ1) is 14.4. The summed E-state index contributed by atoms with van der Waals surface area (Å²) in [6.45, 7) is 2.61. The fourth-order valence-electron chi connectivity index (χ4n) is 1.90. The highest BCUT2D eigenvalue weighted by Crippen LogP contribution is 2.33. The average Bonchev–Trinajstić information content (AvgIpc) is 2.83. The van der Waals surface area contributed by atoms with E-state index in [2.05, 4.69) is 21.0 Å². The lowest BCUT2D eigenvalue weighted by Gasteiger charge is -2.15. The van der Waals surface area contributed by atoms with Crippen molar-refractivity contribution >= 4 is 27.5 Å². The molecular formula is C13H14BrClN2O2. The third-order valence-corrected chi connectivity index (χ3v) is 4.12. The third-order valence-electron chi connectivity index (χ3n) is 2.88. The molecule has 1 N–H and O–H groups in total. The van der Waals surface area contributed by atoms with E-state index in [9.17, 15) is 5.11 Å². The molecule has 2 rings (SSSR count). The summed E-state index contributed by atoms with van der Waals surface area (Å²) in [6.07, 6.45) is 0.769. The van der Waals surface area contributed by atoms with Crippen molar-refractivity contribution in [2.75, 3.05) is 7.11 Å². The lowest BCUT2D eigenvalue weighted by Crippen LogP contribution is -2.10. The van der Waals surface area contributed by atoms with E-state index in [1.165, 1.54) is 0 Å². The van der Waals surface area contributed by atoms with Crippen LogP contribution in [-0.4, -0.2) is 22.0 Å². The fourth-order valence-corrected chi connectivity index (χ4v) is 2.34. The van der Waals surface area contributed by atoms with Crippen LogP contribution >= 0.6 is 27.5 Å². The number of benzene rings is 1. The van der Waals surface area contributed by atoms with E-state index in [0.29, 0.717) is 28.6 Å². The maximum absolute atomic E-state index is 10.5. The highest BCUT2D eigenvalue weighted by Gasteiger charge is 2.21. The predicted octanol–water partition coefficient (Wildman–Crippen LogP) is 3.41. The first-order valence-corrected chi connectivity index (χ1v) is 6.98.